The zero-order valence-corrected chi connectivity index (χ0v) is 13.9. The van der Waals surface area contributed by atoms with Gasteiger partial charge in [0.25, 0.3) is 5.56 Å². The molecule has 3 rings (SSSR count). The molecular weight excluding hydrogens is 318 g/mol. The number of para-hydroxylation sites is 1. The molecule has 0 bridgehead atoms. The summed E-state index contributed by atoms with van der Waals surface area (Å²) in [7, 11) is 0. The minimum atomic E-state index is -0.364. The van der Waals surface area contributed by atoms with Crippen LogP contribution < -0.4 is 10.9 Å². The number of aromatic nitrogens is 2. The van der Waals surface area contributed by atoms with Crippen molar-refractivity contribution in [1.29, 1.82) is 0 Å². The minimum Gasteiger partial charge on any atom is -0.325 e. The number of rotatable bonds is 4. The van der Waals surface area contributed by atoms with Gasteiger partial charge < -0.3 is 5.32 Å². The van der Waals surface area contributed by atoms with Crippen LogP contribution in [-0.2, 0) is 11.3 Å². The maximum Gasteiger partial charge on any atom is 0.261 e. The molecule has 1 N–H and O–H groups in total. The van der Waals surface area contributed by atoms with Gasteiger partial charge in [-0.3, -0.25) is 19.0 Å². The molecular formula is C19H17N3O3. The first-order valence-corrected chi connectivity index (χ1v) is 7.81. The smallest absolute Gasteiger partial charge is 0.261 e. The quantitative estimate of drug-likeness (QED) is 0.743. The fourth-order valence-corrected chi connectivity index (χ4v) is 2.62. The van der Waals surface area contributed by atoms with Gasteiger partial charge in [0.15, 0.2) is 5.78 Å². The lowest BCUT2D eigenvalue weighted by molar-refractivity contribution is -0.116. The van der Waals surface area contributed by atoms with Crippen molar-refractivity contribution >= 4 is 28.3 Å². The van der Waals surface area contributed by atoms with Crippen molar-refractivity contribution in [3.63, 3.8) is 0 Å². The maximum atomic E-state index is 12.5. The van der Waals surface area contributed by atoms with Crippen molar-refractivity contribution in [3.8, 4) is 0 Å². The molecule has 6 nitrogen and oxygen atoms in total. The number of nitrogens with zero attached hydrogens (tertiary/aromatic N) is 2. The highest BCUT2D eigenvalue weighted by Gasteiger charge is 2.10. The van der Waals surface area contributed by atoms with E-state index in [1.807, 2.05) is 13.0 Å². The van der Waals surface area contributed by atoms with Crippen LogP contribution in [0.1, 0.15) is 22.8 Å². The Morgan fingerprint density at radius 2 is 1.92 bits per heavy atom. The first-order valence-electron chi connectivity index (χ1n) is 7.81. The molecule has 0 saturated heterocycles. The number of Topliss-reactive ketones (excluding diaryl/α,β-unsaturated/α-hetero) is 1. The maximum absolute atomic E-state index is 12.5. The summed E-state index contributed by atoms with van der Waals surface area (Å²) in [6.07, 6.45) is 1.38. The lowest BCUT2D eigenvalue weighted by Gasteiger charge is -2.09. The summed E-state index contributed by atoms with van der Waals surface area (Å²) in [5.74, 6) is -0.446. The van der Waals surface area contributed by atoms with Gasteiger partial charge in [0.1, 0.15) is 6.54 Å². The van der Waals surface area contributed by atoms with Crippen LogP contribution in [0, 0.1) is 6.92 Å². The van der Waals surface area contributed by atoms with Crippen LogP contribution in [-0.4, -0.2) is 21.2 Å². The van der Waals surface area contributed by atoms with Crippen molar-refractivity contribution in [2.45, 2.75) is 20.4 Å². The minimum absolute atomic E-state index is 0.0820. The molecule has 1 aromatic heterocycles. The van der Waals surface area contributed by atoms with Gasteiger partial charge in [0.2, 0.25) is 5.91 Å². The Hall–Kier alpha value is -3.28. The lowest BCUT2D eigenvalue weighted by Crippen LogP contribution is -2.28. The summed E-state index contributed by atoms with van der Waals surface area (Å²) in [6, 6.07) is 12.0. The van der Waals surface area contributed by atoms with Gasteiger partial charge in [0, 0.05) is 11.3 Å². The summed E-state index contributed by atoms with van der Waals surface area (Å²) in [6.45, 7) is 3.19. The number of benzene rings is 2. The third-order valence-electron chi connectivity index (χ3n) is 3.92. The third-order valence-corrected chi connectivity index (χ3v) is 3.92. The second kappa shape index (κ2) is 6.68. The van der Waals surface area contributed by atoms with Crippen LogP contribution in [0.5, 0.6) is 0 Å². The van der Waals surface area contributed by atoms with E-state index in [9.17, 15) is 14.4 Å². The number of carbonyl (C=O) groups excluding carboxylic acids is 2. The fourth-order valence-electron chi connectivity index (χ4n) is 2.62. The molecule has 0 fully saturated rings. The molecule has 1 amide bonds. The normalized spacial score (nSPS) is 10.6. The third kappa shape index (κ3) is 3.47. The van der Waals surface area contributed by atoms with E-state index in [4.69, 9.17) is 0 Å². The number of hydrogen-bond acceptors (Lipinski definition) is 4. The Kier molecular flexibility index (Phi) is 4.43. The molecule has 0 aliphatic carbocycles. The van der Waals surface area contributed by atoms with E-state index in [1.165, 1.54) is 17.8 Å². The fraction of sp³-hybridized carbons (Fsp3) is 0.158. The summed E-state index contributed by atoms with van der Waals surface area (Å²) >= 11 is 0. The molecule has 0 aliphatic rings. The highest BCUT2D eigenvalue weighted by Crippen LogP contribution is 2.12. The van der Waals surface area contributed by atoms with Crippen molar-refractivity contribution < 1.29 is 9.59 Å². The summed E-state index contributed by atoms with van der Waals surface area (Å²) in [5.41, 5.74) is 2.31. The Labute approximate surface area is 144 Å². The molecule has 0 unspecified atom stereocenters. The molecule has 126 valence electrons. The number of carbonyl (C=O) groups is 2. The topological polar surface area (TPSA) is 81.1 Å². The van der Waals surface area contributed by atoms with Crippen molar-refractivity contribution in [3.05, 3.63) is 70.3 Å². The number of amides is 1. The van der Waals surface area contributed by atoms with Gasteiger partial charge in [-0.2, -0.15) is 0 Å². The molecule has 0 saturated carbocycles. The summed E-state index contributed by atoms with van der Waals surface area (Å²) in [4.78, 5) is 40.4. The van der Waals surface area contributed by atoms with Crippen molar-refractivity contribution in [1.82, 2.24) is 9.55 Å². The largest absolute Gasteiger partial charge is 0.325 e. The van der Waals surface area contributed by atoms with E-state index >= 15 is 0 Å². The number of hydrogen-bond donors (Lipinski definition) is 1. The molecule has 2 aromatic carbocycles. The number of anilines is 1. The van der Waals surface area contributed by atoms with E-state index in [2.05, 4.69) is 10.3 Å². The van der Waals surface area contributed by atoms with Crippen LogP contribution in [0.4, 0.5) is 5.69 Å². The van der Waals surface area contributed by atoms with Crippen LogP contribution >= 0.6 is 0 Å². The first-order chi connectivity index (χ1) is 12.0. The van der Waals surface area contributed by atoms with E-state index < -0.39 is 0 Å². The Morgan fingerprint density at radius 3 is 2.68 bits per heavy atom. The molecule has 25 heavy (non-hydrogen) atoms. The van der Waals surface area contributed by atoms with E-state index in [-0.39, 0.29) is 23.8 Å². The monoisotopic (exact) mass is 335 g/mol. The predicted molar refractivity (Wildman–Crippen MR) is 95.8 cm³/mol. The Balaban J connectivity index is 1.83. The zero-order valence-electron chi connectivity index (χ0n) is 13.9. The highest BCUT2D eigenvalue weighted by atomic mass is 16.2. The number of nitrogens with one attached hydrogen (secondary N) is 1. The number of fused-ring (bicyclic) bond motifs is 1. The van der Waals surface area contributed by atoms with E-state index in [0.717, 1.165) is 5.56 Å². The van der Waals surface area contributed by atoms with Crippen LogP contribution in [0.25, 0.3) is 10.9 Å². The van der Waals surface area contributed by atoms with E-state index in [0.29, 0.717) is 22.2 Å². The number of aryl methyl sites for hydroxylation is 1. The molecule has 3 aromatic rings. The highest BCUT2D eigenvalue weighted by molar-refractivity contribution is 5.97. The van der Waals surface area contributed by atoms with Gasteiger partial charge in [-0.15, -0.1) is 0 Å². The van der Waals surface area contributed by atoms with Crippen LogP contribution in [0.2, 0.25) is 0 Å². The van der Waals surface area contributed by atoms with Gasteiger partial charge in [-0.05, 0) is 37.6 Å². The molecule has 1 heterocycles. The van der Waals surface area contributed by atoms with Gasteiger partial charge in [-0.1, -0.05) is 24.3 Å². The lowest BCUT2D eigenvalue weighted by atomic mass is 10.1. The average Bonchev–Trinajstić information content (AvgIpc) is 2.58. The molecule has 0 radical (unpaired) electrons. The molecule has 0 aliphatic heterocycles. The zero-order chi connectivity index (χ0) is 18.0. The summed E-state index contributed by atoms with van der Waals surface area (Å²) < 4.78 is 1.27. The molecule has 6 heteroatoms. The molecule has 0 spiro atoms. The molecule has 0 atom stereocenters. The van der Waals surface area contributed by atoms with Crippen molar-refractivity contribution in [2.75, 3.05) is 5.32 Å². The van der Waals surface area contributed by atoms with Crippen LogP contribution in [0.3, 0.4) is 0 Å². The van der Waals surface area contributed by atoms with Gasteiger partial charge >= 0.3 is 0 Å². The standard InChI is InChI=1S/C19H17N3O3/c1-12-5-3-8-16-18(12)20-11-22(19(16)25)10-17(24)21-15-7-4-6-14(9-15)13(2)23/h3-9,11H,10H2,1-2H3,(H,21,24). The second-order valence-electron chi connectivity index (χ2n) is 5.83. The van der Waals surface area contributed by atoms with Crippen molar-refractivity contribution in [2.24, 2.45) is 0 Å². The average molecular weight is 335 g/mol. The SMILES string of the molecule is CC(=O)c1cccc(NC(=O)Cn2cnc3c(C)cccc3c2=O)c1. The van der Waals surface area contributed by atoms with Gasteiger partial charge in [0.05, 0.1) is 17.2 Å². The predicted octanol–water partition coefficient (Wildman–Crippen LogP) is 2.55. The first kappa shape index (κ1) is 16.6. The Bertz CT molecular complexity index is 1040. The summed E-state index contributed by atoms with van der Waals surface area (Å²) in [5, 5.41) is 3.17. The van der Waals surface area contributed by atoms with E-state index in [1.54, 1.807) is 36.4 Å². The van der Waals surface area contributed by atoms with Crippen LogP contribution in [0.15, 0.2) is 53.6 Å². The Morgan fingerprint density at radius 1 is 1.16 bits per heavy atom. The van der Waals surface area contributed by atoms with Gasteiger partial charge in [-0.25, -0.2) is 4.98 Å². The second-order valence-corrected chi connectivity index (χ2v) is 5.83. The number of ketones is 1.